The fourth-order valence-corrected chi connectivity index (χ4v) is 2.32. The van der Waals surface area contributed by atoms with Gasteiger partial charge in [-0.25, -0.2) is 0 Å². The summed E-state index contributed by atoms with van der Waals surface area (Å²) in [7, 11) is 0. The lowest BCUT2D eigenvalue weighted by Gasteiger charge is -2.01. The molecule has 0 aliphatic carbocycles. The summed E-state index contributed by atoms with van der Waals surface area (Å²) in [6.07, 6.45) is 0. The van der Waals surface area contributed by atoms with E-state index in [1.54, 1.807) is 0 Å². The summed E-state index contributed by atoms with van der Waals surface area (Å²) in [4.78, 5) is 0. The molecule has 0 bridgehead atoms. The van der Waals surface area contributed by atoms with Gasteiger partial charge in [0.05, 0.1) is 0 Å². The number of halogens is 3. The molecule has 53 valence electrons. The van der Waals surface area contributed by atoms with Gasteiger partial charge < -0.3 is 0 Å². The summed E-state index contributed by atoms with van der Waals surface area (Å²) in [6, 6.07) is 7.99. The normalized spacial score (nSPS) is 10.4. The van der Waals surface area contributed by atoms with Crippen LogP contribution in [0.15, 0.2) is 28.7 Å². The summed E-state index contributed by atoms with van der Waals surface area (Å²) >= 11 is 10.1. The van der Waals surface area contributed by atoms with Crippen molar-refractivity contribution in [2.24, 2.45) is 0 Å². The maximum Gasteiger partial charge on any atom is 0.135 e. The summed E-state index contributed by atoms with van der Waals surface area (Å²) in [5, 5.41) is 0. The Morgan fingerprint density at radius 1 is 1.10 bits per heavy atom. The van der Waals surface area contributed by atoms with E-state index >= 15 is 0 Å². The van der Waals surface area contributed by atoms with E-state index in [2.05, 4.69) is 47.8 Å². The van der Waals surface area contributed by atoms with Crippen LogP contribution in [0, 0.1) is 3.74 Å². The van der Waals surface area contributed by atoms with Gasteiger partial charge in [0.25, 0.3) is 0 Å². The van der Waals surface area contributed by atoms with Crippen LogP contribution < -0.4 is 0 Å². The first-order chi connectivity index (χ1) is 4.72. The van der Waals surface area contributed by atoms with E-state index in [1.165, 1.54) is 0 Å². The zero-order valence-electron chi connectivity index (χ0n) is 4.94. The molecule has 1 aromatic carbocycles. The molecule has 0 aromatic heterocycles. The number of hydrogen-bond donors (Lipinski definition) is 0. The Kier molecular flexibility index (Phi) is 3.40. The molecule has 1 radical (unpaired) electrons. The van der Waals surface area contributed by atoms with Crippen LogP contribution in [0.3, 0.4) is 0 Å². The molecular formula is C7H4Br3. The molecule has 3 heteroatoms. The number of benzene rings is 1. The lowest BCUT2D eigenvalue weighted by atomic mass is 10.2. The topological polar surface area (TPSA) is 0 Å². The van der Waals surface area contributed by atoms with Crippen molar-refractivity contribution in [3.05, 3.63) is 38.0 Å². The highest BCUT2D eigenvalue weighted by Crippen LogP contribution is 2.32. The largest absolute Gasteiger partial charge is 0.135 e. The lowest BCUT2D eigenvalue weighted by Crippen LogP contribution is -1.81. The minimum Gasteiger partial charge on any atom is -0.0644 e. The molecule has 0 amide bonds. The Hall–Kier alpha value is 0.660. The van der Waals surface area contributed by atoms with E-state index in [0.29, 0.717) is 0 Å². The van der Waals surface area contributed by atoms with Crippen molar-refractivity contribution in [2.45, 2.75) is 0 Å². The molecule has 0 nitrogen and oxygen atoms in total. The molecule has 10 heavy (non-hydrogen) atoms. The van der Waals surface area contributed by atoms with Crippen LogP contribution in [0.2, 0.25) is 0 Å². The molecule has 0 atom stereocenters. The second-order valence-corrected chi connectivity index (χ2v) is 5.24. The Balaban J connectivity index is 3.03. The molecule has 0 saturated heterocycles. The van der Waals surface area contributed by atoms with Crippen molar-refractivity contribution in [1.82, 2.24) is 0 Å². The summed E-state index contributed by atoms with van der Waals surface area (Å²) in [5.74, 6) is 0. The molecule has 0 fully saturated rings. The van der Waals surface area contributed by atoms with Gasteiger partial charge in [0.2, 0.25) is 0 Å². The molecule has 0 N–H and O–H groups in total. The first-order valence-electron chi connectivity index (χ1n) is 2.64. The molecule has 1 aromatic rings. The van der Waals surface area contributed by atoms with Crippen molar-refractivity contribution in [3.63, 3.8) is 0 Å². The standard InChI is InChI=1S/C7H4Br3/c8-6-4-2-1-3-5(6)7(9)10/h1-4H. The molecule has 0 heterocycles. The highest BCUT2D eigenvalue weighted by Gasteiger charge is 2.05. The molecule has 0 aliphatic heterocycles. The van der Waals surface area contributed by atoms with Crippen molar-refractivity contribution >= 4 is 47.8 Å². The van der Waals surface area contributed by atoms with Crippen LogP contribution in [0.5, 0.6) is 0 Å². The predicted molar refractivity (Wildman–Crippen MR) is 54.3 cm³/mol. The minimum absolute atomic E-state index is 0.965. The Morgan fingerprint density at radius 2 is 1.70 bits per heavy atom. The van der Waals surface area contributed by atoms with Crippen LogP contribution >= 0.6 is 47.8 Å². The van der Waals surface area contributed by atoms with Crippen molar-refractivity contribution < 1.29 is 0 Å². The third kappa shape index (κ3) is 2.07. The van der Waals surface area contributed by atoms with Gasteiger partial charge in [-0.2, -0.15) is 0 Å². The molecule has 0 aliphatic rings. The van der Waals surface area contributed by atoms with Gasteiger partial charge in [0.1, 0.15) is 3.74 Å². The fourth-order valence-electron chi connectivity index (χ4n) is 0.614. The van der Waals surface area contributed by atoms with Gasteiger partial charge >= 0.3 is 0 Å². The Labute approximate surface area is 85.4 Å². The zero-order chi connectivity index (χ0) is 7.56. The molecule has 0 unspecified atom stereocenters. The first kappa shape index (κ1) is 8.75. The lowest BCUT2D eigenvalue weighted by molar-refractivity contribution is 1.53. The van der Waals surface area contributed by atoms with Crippen molar-refractivity contribution in [1.29, 1.82) is 0 Å². The van der Waals surface area contributed by atoms with Gasteiger partial charge in [-0.1, -0.05) is 66.0 Å². The van der Waals surface area contributed by atoms with Crippen LogP contribution in [0.25, 0.3) is 0 Å². The van der Waals surface area contributed by atoms with E-state index in [9.17, 15) is 0 Å². The molecular weight excluding hydrogens is 324 g/mol. The third-order valence-corrected chi connectivity index (χ3v) is 2.62. The summed E-state index contributed by atoms with van der Waals surface area (Å²) < 4.78 is 2.05. The SMILES string of the molecule is Br[C](Br)c1ccccc1Br. The van der Waals surface area contributed by atoms with E-state index < -0.39 is 0 Å². The van der Waals surface area contributed by atoms with Gasteiger partial charge in [-0.15, -0.1) is 0 Å². The zero-order valence-corrected chi connectivity index (χ0v) is 9.70. The van der Waals surface area contributed by atoms with E-state index in [4.69, 9.17) is 0 Å². The van der Waals surface area contributed by atoms with E-state index in [1.807, 2.05) is 24.3 Å². The molecule has 0 spiro atoms. The van der Waals surface area contributed by atoms with E-state index in [0.717, 1.165) is 13.8 Å². The smallest absolute Gasteiger partial charge is 0.0644 e. The molecule has 1 rings (SSSR count). The maximum absolute atomic E-state index is 3.42. The Morgan fingerprint density at radius 3 is 2.10 bits per heavy atom. The highest BCUT2D eigenvalue weighted by molar-refractivity contribution is 9.27. The number of rotatable bonds is 1. The second-order valence-electron chi connectivity index (χ2n) is 1.74. The Bertz CT molecular complexity index is 220. The third-order valence-electron chi connectivity index (χ3n) is 1.08. The number of hydrogen-bond acceptors (Lipinski definition) is 0. The van der Waals surface area contributed by atoms with Gasteiger partial charge in [-0.3, -0.25) is 0 Å². The van der Waals surface area contributed by atoms with Crippen molar-refractivity contribution in [3.8, 4) is 0 Å². The fraction of sp³-hybridized carbons (Fsp3) is 0. The van der Waals surface area contributed by atoms with Crippen LogP contribution in [0.1, 0.15) is 5.56 Å². The molecule has 0 saturated carbocycles. The average Bonchev–Trinajstić information content (AvgIpc) is 1.88. The van der Waals surface area contributed by atoms with Gasteiger partial charge in [0.15, 0.2) is 0 Å². The minimum atomic E-state index is 0.965. The van der Waals surface area contributed by atoms with E-state index in [-0.39, 0.29) is 0 Å². The highest BCUT2D eigenvalue weighted by atomic mass is 79.9. The van der Waals surface area contributed by atoms with Gasteiger partial charge in [0, 0.05) is 4.47 Å². The van der Waals surface area contributed by atoms with Gasteiger partial charge in [-0.05, 0) is 11.6 Å². The summed E-state index contributed by atoms with van der Waals surface area (Å²) in [5.41, 5.74) is 1.13. The van der Waals surface area contributed by atoms with Crippen LogP contribution in [-0.4, -0.2) is 0 Å². The first-order valence-corrected chi connectivity index (χ1v) is 5.02. The average molecular weight is 328 g/mol. The maximum atomic E-state index is 3.42. The van der Waals surface area contributed by atoms with Crippen LogP contribution in [0.4, 0.5) is 0 Å². The van der Waals surface area contributed by atoms with Crippen LogP contribution in [-0.2, 0) is 0 Å². The quantitative estimate of drug-likeness (QED) is 0.729. The summed E-state index contributed by atoms with van der Waals surface area (Å²) in [6.45, 7) is 0. The predicted octanol–water partition coefficient (Wildman–Crippen LogP) is 4.08. The monoisotopic (exact) mass is 325 g/mol. The second kappa shape index (κ2) is 3.88. The van der Waals surface area contributed by atoms with Crippen molar-refractivity contribution in [2.75, 3.05) is 0 Å².